The number of piperidine rings is 1. The maximum atomic E-state index is 11.9. The third-order valence-electron chi connectivity index (χ3n) is 2.73. The molecular formula is C11H17NO3. The first kappa shape index (κ1) is 11.9. The second kappa shape index (κ2) is 5.05. The molecule has 1 aliphatic rings. The van der Waals surface area contributed by atoms with Gasteiger partial charge in [-0.15, -0.1) is 0 Å². The molecule has 1 fully saturated rings. The van der Waals surface area contributed by atoms with Gasteiger partial charge in [0.05, 0.1) is 0 Å². The summed E-state index contributed by atoms with van der Waals surface area (Å²) in [4.78, 5) is 35.9. The minimum Gasteiger partial charge on any atom is -0.342 e. The molecule has 1 saturated heterocycles. The van der Waals surface area contributed by atoms with Gasteiger partial charge in [-0.3, -0.25) is 14.4 Å². The fourth-order valence-electron chi connectivity index (χ4n) is 1.93. The minimum atomic E-state index is -1.07. The highest BCUT2D eigenvalue weighted by molar-refractivity contribution is 6.17. The van der Waals surface area contributed by atoms with Crippen molar-refractivity contribution in [3.63, 3.8) is 0 Å². The average molecular weight is 211 g/mol. The molecule has 1 aliphatic heterocycles. The first-order valence-corrected chi connectivity index (χ1v) is 5.33. The van der Waals surface area contributed by atoms with E-state index in [2.05, 4.69) is 0 Å². The van der Waals surface area contributed by atoms with Crippen molar-refractivity contribution in [1.82, 2.24) is 4.90 Å². The molecule has 0 bridgehead atoms. The van der Waals surface area contributed by atoms with Crippen molar-refractivity contribution in [2.75, 3.05) is 13.1 Å². The fourth-order valence-corrected chi connectivity index (χ4v) is 1.93. The summed E-state index contributed by atoms with van der Waals surface area (Å²) >= 11 is 0. The maximum Gasteiger partial charge on any atom is 0.240 e. The Bertz CT molecular complexity index is 266. The van der Waals surface area contributed by atoms with Crippen LogP contribution in [0.15, 0.2) is 0 Å². The van der Waals surface area contributed by atoms with E-state index in [-0.39, 0.29) is 17.5 Å². The third kappa shape index (κ3) is 2.88. The standard InChI is InChI=1S/C11H17NO3/c1-8(13)10(9(2)14)11(15)12-6-4-3-5-7-12/h10H,3-7H2,1-2H3. The van der Waals surface area contributed by atoms with Crippen LogP contribution in [-0.2, 0) is 14.4 Å². The molecule has 0 aromatic carbocycles. The van der Waals surface area contributed by atoms with Gasteiger partial charge in [0, 0.05) is 13.1 Å². The van der Waals surface area contributed by atoms with E-state index in [1.54, 1.807) is 4.90 Å². The predicted molar refractivity (Wildman–Crippen MR) is 55.3 cm³/mol. The Morgan fingerprint density at radius 1 is 0.933 bits per heavy atom. The lowest BCUT2D eigenvalue weighted by Crippen LogP contribution is -2.44. The highest BCUT2D eigenvalue weighted by Gasteiger charge is 2.32. The summed E-state index contributed by atoms with van der Waals surface area (Å²) in [6, 6.07) is 0. The van der Waals surface area contributed by atoms with Crippen LogP contribution in [0.4, 0.5) is 0 Å². The van der Waals surface area contributed by atoms with E-state index < -0.39 is 5.92 Å². The molecule has 4 heteroatoms. The number of ketones is 2. The number of carbonyl (C=O) groups excluding carboxylic acids is 3. The Balaban J connectivity index is 2.70. The number of rotatable bonds is 3. The summed E-state index contributed by atoms with van der Waals surface area (Å²) in [5.74, 6) is -2.08. The van der Waals surface area contributed by atoms with Crippen LogP contribution in [0.2, 0.25) is 0 Å². The zero-order valence-corrected chi connectivity index (χ0v) is 9.28. The lowest BCUT2D eigenvalue weighted by Gasteiger charge is -2.28. The molecule has 0 aromatic rings. The van der Waals surface area contributed by atoms with Crippen molar-refractivity contribution in [3.8, 4) is 0 Å². The molecule has 15 heavy (non-hydrogen) atoms. The Kier molecular flexibility index (Phi) is 4.00. The number of Topliss-reactive ketones (excluding diaryl/α,β-unsaturated/α-hetero) is 2. The Hall–Kier alpha value is -1.19. The van der Waals surface area contributed by atoms with E-state index in [9.17, 15) is 14.4 Å². The lowest BCUT2D eigenvalue weighted by atomic mass is 9.98. The van der Waals surface area contributed by atoms with Crippen molar-refractivity contribution in [3.05, 3.63) is 0 Å². The zero-order chi connectivity index (χ0) is 11.4. The van der Waals surface area contributed by atoms with Crippen LogP contribution in [0.3, 0.4) is 0 Å². The van der Waals surface area contributed by atoms with Gasteiger partial charge in [-0.1, -0.05) is 0 Å². The summed E-state index contributed by atoms with van der Waals surface area (Å²) in [5, 5.41) is 0. The van der Waals surface area contributed by atoms with Gasteiger partial charge < -0.3 is 4.90 Å². The molecule has 0 spiro atoms. The molecule has 1 amide bonds. The lowest BCUT2D eigenvalue weighted by molar-refractivity contribution is -0.145. The second-order valence-corrected chi connectivity index (χ2v) is 4.04. The quantitative estimate of drug-likeness (QED) is 0.649. The fraction of sp³-hybridized carbons (Fsp3) is 0.727. The number of hydrogen-bond acceptors (Lipinski definition) is 3. The predicted octanol–water partition coefficient (Wildman–Crippen LogP) is 0.793. The maximum absolute atomic E-state index is 11.9. The highest BCUT2D eigenvalue weighted by atomic mass is 16.2. The van der Waals surface area contributed by atoms with E-state index in [0.29, 0.717) is 13.1 Å². The molecular weight excluding hydrogens is 194 g/mol. The monoisotopic (exact) mass is 211 g/mol. The molecule has 0 radical (unpaired) electrons. The minimum absolute atomic E-state index is 0.310. The van der Waals surface area contributed by atoms with Crippen molar-refractivity contribution in [2.24, 2.45) is 5.92 Å². The molecule has 0 unspecified atom stereocenters. The summed E-state index contributed by atoms with van der Waals surface area (Å²) < 4.78 is 0. The summed E-state index contributed by atoms with van der Waals surface area (Å²) in [7, 11) is 0. The SMILES string of the molecule is CC(=O)C(C(C)=O)C(=O)N1CCCCC1. The first-order chi connectivity index (χ1) is 7.04. The number of likely N-dealkylation sites (tertiary alicyclic amines) is 1. The number of hydrogen-bond donors (Lipinski definition) is 0. The normalized spacial score (nSPS) is 16.6. The Labute approximate surface area is 89.6 Å². The van der Waals surface area contributed by atoms with Crippen molar-refractivity contribution >= 4 is 17.5 Å². The largest absolute Gasteiger partial charge is 0.342 e. The molecule has 4 nitrogen and oxygen atoms in total. The van der Waals surface area contributed by atoms with Gasteiger partial charge in [-0.05, 0) is 33.1 Å². The average Bonchev–Trinajstić information content (AvgIpc) is 2.18. The van der Waals surface area contributed by atoms with E-state index in [1.807, 2.05) is 0 Å². The van der Waals surface area contributed by atoms with Crippen LogP contribution >= 0.6 is 0 Å². The zero-order valence-electron chi connectivity index (χ0n) is 9.28. The molecule has 0 aromatic heterocycles. The molecule has 1 rings (SSSR count). The molecule has 0 aliphatic carbocycles. The third-order valence-corrected chi connectivity index (χ3v) is 2.73. The number of carbonyl (C=O) groups is 3. The highest BCUT2D eigenvalue weighted by Crippen LogP contribution is 2.13. The molecule has 0 atom stereocenters. The van der Waals surface area contributed by atoms with E-state index in [0.717, 1.165) is 19.3 Å². The Morgan fingerprint density at radius 2 is 1.40 bits per heavy atom. The van der Waals surface area contributed by atoms with Gasteiger partial charge >= 0.3 is 0 Å². The van der Waals surface area contributed by atoms with Gasteiger partial charge in [0.2, 0.25) is 5.91 Å². The van der Waals surface area contributed by atoms with Crippen LogP contribution in [0.1, 0.15) is 33.1 Å². The van der Waals surface area contributed by atoms with Crippen LogP contribution in [-0.4, -0.2) is 35.5 Å². The van der Waals surface area contributed by atoms with E-state index in [1.165, 1.54) is 13.8 Å². The first-order valence-electron chi connectivity index (χ1n) is 5.33. The summed E-state index contributed by atoms with van der Waals surface area (Å²) in [5.41, 5.74) is 0. The Morgan fingerprint density at radius 3 is 1.80 bits per heavy atom. The molecule has 0 N–H and O–H groups in total. The van der Waals surface area contributed by atoms with E-state index in [4.69, 9.17) is 0 Å². The second-order valence-electron chi connectivity index (χ2n) is 4.04. The van der Waals surface area contributed by atoms with Gasteiger partial charge in [0.1, 0.15) is 11.6 Å². The smallest absolute Gasteiger partial charge is 0.240 e. The molecule has 0 saturated carbocycles. The van der Waals surface area contributed by atoms with Crippen LogP contribution in [0.25, 0.3) is 0 Å². The molecule has 1 heterocycles. The van der Waals surface area contributed by atoms with Gasteiger partial charge in [-0.25, -0.2) is 0 Å². The van der Waals surface area contributed by atoms with Crippen LogP contribution in [0, 0.1) is 5.92 Å². The summed E-state index contributed by atoms with van der Waals surface area (Å²) in [6.45, 7) is 3.95. The van der Waals surface area contributed by atoms with Crippen molar-refractivity contribution in [2.45, 2.75) is 33.1 Å². The van der Waals surface area contributed by atoms with Crippen molar-refractivity contribution in [1.29, 1.82) is 0 Å². The topological polar surface area (TPSA) is 54.5 Å². The molecule has 84 valence electrons. The van der Waals surface area contributed by atoms with E-state index >= 15 is 0 Å². The van der Waals surface area contributed by atoms with Crippen molar-refractivity contribution < 1.29 is 14.4 Å². The van der Waals surface area contributed by atoms with Crippen LogP contribution in [0.5, 0.6) is 0 Å². The van der Waals surface area contributed by atoms with Gasteiger partial charge in [0.25, 0.3) is 0 Å². The number of nitrogens with zero attached hydrogens (tertiary/aromatic N) is 1. The van der Waals surface area contributed by atoms with Gasteiger partial charge in [0.15, 0.2) is 5.92 Å². The number of amides is 1. The van der Waals surface area contributed by atoms with Crippen LogP contribution < -0.4 is 0 Å². The van der Waals surface area contributed by atoms with Gasteiger partial charge in [-0.2, -0.15) is 0 Å². The summed E-state index contributed by atoms with van der Waals surface area (Å²) in [6.07, 6.45) is 3.05.